The lowest BCUT2D eigenvalue weighted by molar-refractivity contribution is -0.148. The third kappa shape index (κ3) is 4.49. The van der Waals surface area contributed by atoms with E-state index in [0.717, 1.165) is 0 Å². The molecule has 0 amide bonds. The molecule has 0 radical (unpaired) electrons. The number of carboxylic acid groups (broad SMARTS) is 1. The van der Waals surface area contributed by atoms with Crippen LogP contribution >= 0.6 is 0 Å². The van der Waals surface area contributed by atoms with Gasteiger partial charge in [0, 0.05) is 5.75 Å². The van der Waals surface area contributed by atoms with Crippen molar-refractivity contribution < 1.29 is 18.3 Å². The minimum Gasteiger partial charge on any atom is -0.480 e. The highest BCUT2D eigenvalue weighted by atomic mass is 32.2. The molecule has 0 spiro atoms. The Kier molecular flexibility index (Phi) is 5.41. The molecular weight excluding hydrogens is 230 g/mol. The zero-order chi connectivity index (χ0) is 13.0. The van der Waals surface area contributed by atoms with Crippen LogP contribution in [0, 0.1) is 0 Å². The second kappa shape index (κ2) is 5.63. The standard InChI is InChI=1S/C10H21NO4S/c1-5-16(14,15)8-6-7-11(4)10(2,3)9(12)13/h5-8H2,1-4H3,(H,12,13). The van der Waals surface area contributed by atoms with Crippen molar-refractivity contribution in [2.45, 2.75) is 32.7 Å². The van der Waals surface area contributed by atoms with Gasteiger partial charge in [0.25, 0.3) is 0 Å². The lowest BCUT2D eigenvalue weighted by Crippen LogP contribution is -2.48. The summed E-state index contributed by atoms with van der Waals surface area (Å²) >= 11 is 0. The number of hydrogen-bond acceptors (Lipinski definition) is 4. The topological polar surface area (TPSA) is 74.7 Å². The van der Waals surface area contributed by atoms with Gasteiger partial charge in [0.1, 0.15) is 15.4 Å². The summed E-state index contributed by atoms with van der Waals surface area (Å²) in [6.45, 7) is 5.27. The van der Waals surface area contributed by atoms with Crippen LogP contribution in [0.2, 0.25) is 0 Å². The van der Waals surface area contributed by atoms with Gasteiger partial charge in [-0.15, -0.1) is 0 Å². The number of sulfone groups is 1. The Labute approximate surface area is 97.4 Å². The third-order valence-corrected chi connectivity index (χ3v) is 4.66. The van der Waals surface area contributed by atoms with Gasteiger partial charge in [-0.1, -0.05) is 6.92 Å². The zero-order valence-electron chi connectivity index (χ0n) is 10.4. The van der Waals surface area contributed by atoms with E-state index in [-0.39, 0.29) is 11.5 Å². The van der Waals surface area contributed by atoms with Crippen LogP contribution in [0.3, 0.4) is 0 Å². The molecule has 1 N–H and O–H groups in total. The van der Waals surface area contributed by atoms with Gasteiger partial charge in [-0.3, -0.25) is 9.69 Å². The first kappa shape index (κ1) is 15.4. The molecular formula is C10H21NO4S. The Morgan fingerprint density at radius 2 is 1.88 bits per heavy atom. The van der Waals surface area contributed by atoms with Gasteiger partial charge in [0.2, 0.25) is 0 Å². The van der Waals surface area contributed by atoms with Crippen molar-refractivity contribution >= 4 is 15.8 Å². The average molecular weight is 251 g/mol. The normalized spacial score (nSPS) is 13.1. The Balaban J connectivity index is 4.19. The Morgan fingerprint density at radius 3 is 2.25 bits per heavy atom. The molecule has 0 saturated heterocycles. The quantitative estimate of drug-likeness (QED) is 0.717. The van der Waals surface area contributed by atoms with Crippen molar-refractivity contribution in [3.8, 4) is 0 Å². The van der Waals surface area contributed by atoms with Crippen LogP contribution < -0.4 is 0 Å². The molecule has 96 valence electrons. The lowest BCUT2D eigenvalue weighted by Gasteiger charge is -2.31. The molecule has 5 nitrogen and oxygen atoms in total. The maximum absolute atomic E-state index is 11.2. The summed E-state index contributed by atoms with van der Waals surface area (Å²) in [5.74, 6) is -0.656. The first-order chi connectivity index (χ1) is 7.13. The molecule has 0 aliphatic heterocycles. The lowest BCUT2D eigenvalue weighted by atomic mass is 10.0. The van der Waals surface area contributed by atoms with Gasteiger partial charge in [-0.25, -0.2) is 8.42 Å². The van der Waals surface area contributed by atoms with Crippen LogP contribution in [0.25, 0.3) is 0 Å². The number of likely N-dealkylation sites (N-methyl/N-ethyl adjacent to an activating group) is 1. The van der Waals surface area contributed by atoms with Crippen LogP contribution in [0.1, 0.15) is 27.2 Å². The number of aliphatic carboxylic acids is 1. The molecule has 0 bridgehead atoms. The highest BCUT2D eigenvalue weighted by molar-refractivity contribution is 7.91. The van der Waals surface area contributed by atoms with Gasteiger partial charge < -0.3 is 5.11 Å². The van der Waals surface area contributed by atoms with Gasteiger partial charge in [0.15, 0.2) is 0 Å². The molecule has 6 heteroatoms. The average Bonchev–Trinajstić information content (AvgIpc) is 2.17. The molecule has 0 aliphatic rings. The molecule has 0 aromatic rings. The molecule has 0 aromatic carbocycles. The maximum atomic E-state index is 11.2. The van der Waals surface area contributed by atoms with Crippen molar-refractivity contribution in [2.24, 2.45) is 0 Å². The molecule has 0 saturated carbocycles. The fraction of sp³-hybridized carbons (Fsp3) is 0.900. The van der Waals surface area contributed by atoms with Gasteiger partial charge in [-0.05, 0) is 33.9 Å². The molecule has 0 rings (SSSR count). The zero-order valence-corrected chi connectivity index (χ0v) is 11.2. The second-order valence-electron chi connectivity index (χ2n) is 4.38. The van der Waals surface area contributed by atoms with Gasteiger partial charge in [-0.2, -0.15) is 0 Å². The summed E-state index contributed by atoms with van der Waals surface area (Å²) in [4.78, 5) is 12.6. The summed E-state index contributed by atoms with van der Waals surface area (Å²) < 4.78 is 22.5. The maximum Gasteiger partial charge on any atom is 0.323 e. The van der Waals surface area contributed by atoms with Crippen molar-refractivity contribution in [3.63, 3.8) is 0 Å². The Hall–Kier alpha value is -0.620. The van der Waals surface area contributed by atoms with E-state index in [9.17, 15) is 13.2 Å². The summed E-state index contributed by atoms with van der Waals surface area (Å²) in [6, 6.07) is 0. The van der Waals surface area contributed by atoms with E-state index in [4.69, 9.17) is 5.11 Å². The Morgan fingerprint density at radius 1 is 1.38 bits per heavy atom. The summed E-state index contributed by atoms with van der Waals surface area (Å²) in [5.41, 5.74) is -0.962. The number of nitrogens with zero attached hydrogens (tertiary/aromatic N) is 1. The van der Waals surface area contributed by atoms with E-state index in [2.05, 4.69) is 0 Å². The van der Waals surface area contributed by atoms with E-state index in [1.165, 1.54) is 0 Å². The third-order valence-electron chi connectivity index (χ3n) is 2.87. The van der Waals surface area contributed by atoms with E-state index < -0.39 is 21.3 Å². The van der Waals surface area contributed by atoms with Crippen LogP contribution in [0.5, 0.6) is 0 Å². The molecule has 0 fully saturated rings. The van der Waals surface area contributed by atoms with Crippen LogP contribution in [0.4, 0.5) is 0 Å². The minimum absolute atomic E-state index is 0.115. The first-order valence-corrected chi connectivity index (χ1v) is 7.10. The predicted molar refractivity (Wildman–Crippen MR) is 63.3 cm³/mol. The molecule has 0 heterocycles. The highest BCUT2D eigenvalue weighted by Gasteiger charge is 2.31. The van der Waals surface area contributed by atoms with Gasteiger partial charge in [0.05, 0.1) is 5.75 Å². The first-order valence-electron chi connectivity index (χ1n) is 5.28. The SMILES string of the molecule is CCS(=O)(=O)CCCN(C)C(C)(C)C(=O)O. The van der Waals surface area contributed by atoms with Crippen LogP contribution in [-0.2, 0) is 14.6 Å². The van der Waals surface area contributed by atoms with Gasteiger partial charge >= 0.3 is 5.97 Å². The van der Waals surface area contributed by atoms with E-state index in [1.807, 2.05) is 0 Å². The minimum atomic E-state index is -2.95. The smallest absolute Gasteiger partial charge is 0.323 e. The molecule has 0 aromatic heterocycles. The van der Waals surface area contributed by atoms with Crippen molar-refractivity contribution in [2.75, 3.05) is 25.1 Å². The number of hydrogen-bond donors (Lipinski definition) is 1. The van der Waals surface area contributed by atoms with Crippen LogP contribution in [0.15, 0.2) is 0 Å². The molecule has 0 unspecified atom stereocenters. The number of rotatable bonds is 7. The number of carbonyl (C=O) groups is 1. The van der Waals surface area contributed by atoms with E-state index in [1.54, 1.807) is 32.7 Å². The Bertz CT molecular complexity index is 335. The summed E-state index contributed by atoms with van der Waals surface area (Å²) in [6.07, 6.45) is 0.462. The summed E-state index contributed by atoms with van der Waals surface area (Å²) in [7, 11) is -1.27. The monoisotopic (exact) mass is 251 g/mol. The fourth-order valence-electron chi connectivity index (χ4n) is 1.11. The van der Waals surface area contributed by atoms with Crippen LogP contribution in [-0.4, -0.2) is 55.0 Å². The second-order valence-corrected chi connectivity index (χ2v) is 6.85. The van der Waals surface area contributed by atoms with E-state index in [0.29, 0.717) is 13.0 Å². The molecule has 0 aliphatic carbocycles. The van der Waals surface area contributed by atoms with E-state index >= 15 is 0 Å². The van der Waals surface area contributed by atoms with Crippen molar-refractivity contribution in [1.82, 2.24) is 4.90 Å². The van der Waals surface area contributed by atoms with Crippen molar-refractivity contribution in [1.29, 1.82) is 0 Å². The fourth-order valence-corrected chi connectivity index (χ4v) is 1.97. The van der Waals surface area contributed by atoms with Crippen molar-refractivity contribution in [3.05, 3.63) is 0 Å². The predicted octanol–water partition coefficient (Wildman–Crippen LogP) is 0.606. The molecule has 16 heavy (non-hydrogen) atoms. The highest BCUT2D eigenvalue weighted by Crippen LogP contribution is 2.12. The largest absolute Gasteiger partial charge is 0.480 e. The number of carboxylic acids is 1. The summed E-state index contributed by atoms with van der Waals surface area (Å²) in [5, 5.41) is 8.96. The molecule has 0 atom stereocenters.